The average Bonchev–Trinajstić information content (AvgIpc) is 2.29. The van der Waals surface area contributed by atoms with Crippen LogP contribution in [0.25, 0.3) is 0 Å². The molecule has 1 N–H and O–H groups in total. The number of amides is 1. The molecule has 5 heteroatoms. The zero-order valence-corrected chi connectivity index (χ0v) is 11.3. The topological polar surface area (TPSA) is 53.4 Å². The van der Waals surface area contributed by atoms with Gasteiger partial charge in [-0.05, 0) is 47.8 Å². The summed E-state index contributed by atoms with van der Waals surface area (Å²) in [6, 6.07) is 3.62. The lowest BCUT2D eigenvalue weighted by Gasteiger charge is -2.29. The van der Waals surface area contributed by atoms with Crippen LogP contribution in [-0.4, -0.2) is 40.1 Å². The van der Waals surface area contributed by atoms with Crippen molar-refractivity contribution in [3.63, 3.8) is 0 Å². The van der Waals surface area contributed by atoms with Crippen molar-refractivity contribution >= 4 is 21.8 Å². The molecular formula is C12H15BrN2O2. The van der Waals surface area contributed by atoms with Crippen molar-refractivity contribution in [3.8, 4) is 0 Å². The van der Waals surface area contributed by atoms with Crippen molar-refractivity contribution in [2.24, 2.45) is 0 Å². The lowest BCUT2D eigenvalue weighted by molar-refractivity contribution is 0.0545. The molecule has 0 saturated carbocycles. The molecule has 0 bridgehead atoms. The molecule has 1 fully saturated rings. The van der Waals surface area contributed by atoms with E-state index in [9.17, 15) is 9.90 Å². The number of likely N-dealkylation sites (tertiary alicyclic amines) is 1. The van der Waals surface area contributed by atoms with Crippen molar-refractivity contribution in [3.05, 3.63) is 28.0 Å². The number of rotatable bonds is 1. The van der Waals surface area contributed by atoms with Gasteiger partial charge in [-0.3, -0.25) is 4.79 Å². The molecule has 1 saturated heterocycles. The number of hydrogen-bond acceptors (Lipinski definition) is 3. The summed E-state index contributed by atoms with van der Waals surface area (Å²) in [6.07, 6.45) is 1.05. The molecular weight excluding hydrogens is 284 g/mol. The first-order chi connectivity index (χ1) is 8.08. The molecule has 1 amide bonds. The first-order valence-corrected chi connectivity index (χ1v) is 6.47. The molecule has 1 aromatic rings. The molecule has 17 heavy (non-hydrogen) atoms. The van der Waals surface area contributed by atoms with Crippen molar-refractivity contribution in [1.29, 1.82) is 0 Å². The fraction of sp³-hybridized carbons (Fsp3) is 0.500. The minimum absolute atomic E-state index is 0.0173. The van der Waals surface area contributed by atoms with Crippen molar-refractivity contribution in [2.75, 3.05) is 13.1 Å². The van der Waals surface area contributed by atoms with Crippen LogP contribution >= 0.6 is 15.9 Å². The molecule has 0 aliphatic carbocycles. The van der Waals surface area contributed by atoms with Crippen LogP contribution in [0.5, 0.6) is 0 Å². The van der Waals surface area contributed by atoms with E-state index in [2.05, 4.69) is 20.9 Å². The highest BCUT2D eigenvalue weighted by molar-refractivity contribution is 9.10. The molecule has 4 nitrogen and oxygen atoms in total. The van der Waals surface area contributed by atoms with Crippen LogP contribution in [0, 0.1) is 6.92 Å². The fourth-order valence-electron chi connectivity index (χ4n) is 1.92. The summed E-state index contributed by atoms with van der Waals surface area (Å²) < 4.78 is 0.591. The normalized spacial score (nSPS) is 17.2. The third-order valence-corrected chi connectivity index (χ3v) is 3.57. The highest BCUT2D eigenvalue weighted by Gasteiger charge is 2.23. The number of pyridine rings is 1. The summed E-state index contributed by atoms with van der Waals surface area (Å²) in [5.74, 6) is -0.0173. The largest absolute Gasteiger partial charge is 0.393 e. The summed E-state index contributed by atoms with van der Waals surface area (Å²) in [4.78, 5) is 18.2. The molecule has 1 aromatic heterocycles. The summed E-state index contributed by atoms with van der Waals surface area (Å²) in [5.41, 5.74) is 1.47. The molecule has 2 heterocycles. The van der Waals surface area contributed by atoms with E-state index in [1.807, 2.05) is 13.0 Å². The first kappa shape index (κ1) is 12.5. The van der Waals surface area contributed by atoms with Crippen LogP contribution < -0.4 is 0 Å². The second-order valence-corrected chi connectivity index (χ2v) is 5.07. The highest BCUT2D eigenvalue weighted by Crippen LogP contribution is 2.19. The third-order valence-electron chi connectivity index (χ3n) is 2.97. The van der Waals surface area contributed by atoms with Gasteiger partial charge in [-0.15, -0.1) is 0 Å². The number of aliphatic hydroxyl groups is 1. The predicted octanol–water partition coefficient (Wildman–Crippen LogP) is 1.75. The lowest BCUT2D eigenvalue weighted by atomic mass is 10.1. The summed E-state index contributed by atoms with van der Waals surface area (Å²) >= 11 is 3.32. The van der Waals surface area contributed by atoms with Gasteiger partial charge in [0, 0.05) is 18.8 Å². The first-order valence-electron chi connectivity index (χ1n) is 5.68. The van der Waals surface area contributed by atoms with Gasteiger partial charge in [0.05, 0.1) is 11.7 Å². The minimum Gasteiger partial charge on any atom is -0.393 e. The lowest BCUT2D eigenvalue weighted by Crippen LogP contribution is -2.40. The van der Waals surface area contributed by atoms with E-state index < -0.39 is 0 Å². The molecule has 0 aromatic carbocycles. The zero-order valence-electron chi connectivity index (χ0n) is 9.69. The van der Waals surface area contributed by atoms with Gasteiger partial charge in [-0.1, -0.05) is 0 Å². The van der Waals surface area contributed by atoms with Crippen molar-refractivity contribution in [2.45, 2.75) is 25.9 Å². The molecule has 0 atom stereocenters. The molecule has 1 aliphatic rings. The van der Waals surface area contributed by atoms with Gasteiger partial charge < -0.3 is 10.0 Å². The van der Waals surface area contributed by atoms with Crippen LogP contribution in [0.3, 0.4) is 0 Å². The van der Waals surface area contributed by atoms with E-state index in [-0.39, 0.29) is 12.0 Å². The highest BCUT2D eigenvalue weighted by atomic mass is 79.9. The number of nitrogens with zero attached hydrogens (tertiary/aromatic N) is 2. The summed E-state index contributed by atoms with van der Waals surface area (Å²) in [7, 11) is 0. The van der Waals surface area contributed by atoms with Gasteiger partial charge in [-0.2, -0.15) is 0 Å². The number of carbonyl (C=O) groups excluding carboxylic acids is 1. The Morgan fingerprint density at radius 2 is 2.12 bits per heavy atom. The monoisotopic (exact) mass is 298 g/mol. The standard InChI is InChI=1S/C12H15BrN2O2/c1-8-2-3-10(11(13)14-8)12(17)15-6-4-9(16)5-7-15/h2-3,9,16H,4-7H2,1H3. The molecule has 0 radical (unpaired) electrons. The van der Waals surface area contributed by atoms with Crippen LogP contribution in [0.4, 0.5) is 0 Å². The summed E-state index contributed by atoms with van der Waals surface area (Å²) in [6.45, 7) is 3.11. The second kappa shape index (κ2) is 5.14. The maximum atomic E-state index is 12.2. The second-order valence-electron chi connectivity index (χ2n) is 4.31. The SMILES string of the molecule is Cc1ccc(C(=O)N2CCC(O)CC2)c(Br)n1. The maximum absolute atomic E-state index is 12.2. The van der Waals surface area contributed by atoms with E-state index in [0.29, 0.717) is 36.1 Å². The van der Waals surface area contributed by atoms with Gasteiger partial charge >= 0.3 is 0 Å². The van der Waals surface area contributed by atoms with Crippen molar-refractivity contribution in [1.82, 2.24) is 9.88 Å². The van der Waals surface area contributed by atoms with Crippen LogP contribution in [0.1, 0.15) is 28.9 Å². The molecule has 92 valence electrons. The minimum atomic E-state index is -0.265. The van der Waals surface area contributed by atoms with Gasteiger partial charge in [0.25, 0.3) is 5.91 Å². The van der Waals surface area contributed by atoms with E-state index in [4.69, 9.17) is 0 Å². The Kier molecular flexibility index (Phi) is 3.79. The maximum Gasteiger partial charge on any atom is 0.256 e. The molecule has 0 spiro atoms. The van der Waals surface area contributed by atoms with E-state index in [1.165, 1.54) is 0 Å². The number of carbonyl (C=O) groups is 1. The van der Waals surface area contributed by atoms with Gasteiger partial charge in [-0.25, -0.2) is 4.98 Å². The Morgan fingerprint density at radius 3 is 2.71 bits per heavy atom. The number of halogens is 1. The third kappa shape index (κ3) is 2.84. The Morgan fingerprint density at radius 1 is 1.47 bits per heavy atom. The van der Waals surface area contributed by atoms with Crippen LogP contribution in [-0.2, 0) is 0 Å². The summed E-state index contributed by atoms with van der Waals surface area (Å²) in [5, 5.41) is 9.41. The quantitative estimate of drug-likeness (QED) is 0.804. The molecule has 2 rings (SSSR count). The van der Waals surface area contributed by atoms with E-state index in [0.717, 1.165) is 5.69 Å². The van der Waals surface area contributed by atoms with Gasteiger partial charge in [0.15, 0.2) is 0 Å². The number of aliphatic hydroxyl groups excluding tert-OH is 1. The van der Waals surface area contributed by atoms with Crippen molar-refractivity contribution < 1.29 is 9.90 Å². The molecule has 0 unspecified atom stereocenters. The zero-order chi connectivity index (χ0) is 12.4. The number of hydrogen-bond donors (Lipinski definition) is 1. The van der Waals surface area contributed by atoms with Crippen LogP contribution in [0.2, 0.25) is 0 Å². The van der Waals surface area contributed by atoms with E-state index in [1.54, 1.807) is 11.0 Å². The van der Waals surface area contributed by atoms with Crippen LogP contribution in [0.15, 0.2) is 16.7 Å². The van der Waals surface area contributed by atoms with Gasteiger partial charge in [0.1, 0.15) is 4.60 Å². The fourth-order valence-corrected chi connectivity index (χ4v) is 2.51. The number of piperidine rings is 1. The average molecular weight is 299 g/mol. The van der Waals surface area contributed by atoms with Gasteiger partial charge in [0.2, 0.25) is 0 Å². The number of aromatic nitrogens is 1. The number of aryl methyl sites for hydroxylation is 1. The Bertz CT molecular complexity index is 429. The smallest absolute Gasteiger partial charge is 0.256 e. The predicted molar refractivity (Wildman–Crippen MR) is 67.8 cm³/mol. The Labute approximate surface area is 109 Å². The Hall–Kier alpha value is -0.940. The Balaban J connectivity index is 2.14. The molecule has 1 aliphatic heterocycles. The van der Waals surface area contributed by atoms with E-state index >= 15 is 0 Å².